The van der Waals surface area contributed by atoms with E-state index in [1.54, 1.807) is 12.4 Å². The molecule has 3 aromatic rings. The predicted octanol–water partition coefficient (Wildman–Crippen LogP) is 3.19. The summed E-state index contributed by atoms with van der Waals surface area (Å²) in [5.74, 6) is -0.448. The fourth-order valence-electron chi connectivity index (χ4n) is 4.07. The number of hydrogen-bond donors (Lipinski definition) is 1. The Bertz CT molecular complexity index is 1060. The topological polar surface area (TPSA) is 81.2 Å². The second kappa shape index (κ2) is 7.91. The Kier molecular flexibility index (Phi) is 5.16. The van der Waals surface area contributed by atoms with E-state index in [-0.39, 0.29) is 18.5 Å². The van der Waals surface area contributed by atoms with Gasteiger partial charge >= 0.3 is 0 Å². The van der Waals surface area contributed by atoms with Crippen LogP contribution in [0.3, 0.4) is 0 Å². The fraction of sp³-hybridized carbons (Fsp3) is 0.261. The molecule has 6 nitrogen and oxygen atoms in total. The van der Waals surface area contributed by atoms with Crippen LogP contribution >= 0.6 is 0 Å². The number of fused-ring (bicyclic) bond motifs is 1. The van der Waals surface area contributed by atoms with Crippen molar-refractivity contribution in [2.45, 2.75) is 31.8 Å². The van der Waals surface area contributed by atoms with Crippen molar-refractivity contribution in [2.24, 2.45) is 5.73 Å². The normalized spacial score (nSPS) is 15.6. The Hall–Kier alpha value is -3.41. The average Bonchev–Trinajstić information content (AvgIpc) is 3.20. The third-order valence-electron chi connectivity index (χ3n) is 5.52. The van der Waals surface area contributed by atoms with Crippen LogP contribution in [0.1, 0.15) is 40.4 Å². The van der Waals surface area contributed by atoms with E-state index in [1.165, 1.54) is 15.8 Å². The molecule has 0 fully saturated rings. The molecule has 0 saturated carbocycles. The fourth-order valence-corrected chi connectivity index (χ4v) is 4.07. The molecule has 0 bridgehead atoms. The Morgan fingerprint density at radius 3 is 2.83 bits per heavy atom. The maximum absolute atomic E-state index is 13.2. The Labute approximate surface area is 169 Å². The highest BCUT2D eigenvalue weighted by Crippen LogP contribution is 2.34. The molecule has 0 saturated heterocycles. The Balaban J connectivity index is 1.58. The van der Waals surface area contributed by atoms with E-state index in [0.29, 0.717) is 5.56 Å². The van der Waals surface area contributed by atoms with Crippen molar-refractivity contribution in [2.75, 3.05) is 7.05 Å². The van der Waals surface area contributed by atoms with Crippen LogP contribution in [-0.4, -0.2) is 33.5 Å². The zero-order chi connectivity index (χ0) is 20.4. The number of primary amides is 1. The molecule has 2 aromatic carbocycles. The van der Waals surface area contributed by atoms with Crippen LogP contribution < -0.4 is 5.73 Å². The molecular weight excluding hydrogens is 364 g/mol. The van der Waals surface area contributed by atoms with Crippen molar-refractivity contribution in [3.8, 4) is 11.1 Å². The van der Waals surface area contributed by atoms with E-state index in [2.05, 4.69) is 23.3 Å². The van der Waals surface area contributed by atoms with E-state index >= 15 is 0 Å². The van der Waals surface area contributed by atoms with Gasteiger partial charge in [0.15, 0.2) is 0 Å². The van der Waals surface area contributed by atoms with Gasteiger partial charge in [0.2, 0.25) is 5.91 Å². The van der Waals surface area contributed by atoms with Gasteiger partial charge in [0.1, 0.15) is 6.54 Å². The number of nitrogens with two attached hydrogens (primary N) is 1. The summed E-state index contributed by atoms with van der Waals surface area (Å²) in [6.45, 7) is 0.0302. The Morgan fingerprint density at radius 2 is 2.00 bits per heavy atom. The summed E-state index contributed by atoms with van der Waals surface area (Å²) in [6.07, 6.45) is 6.56. The predicted molar refractivity (Wildman–Crippen MR) is 111 cm³/mol. The molecule has 4 rings (SSSR count). The van der Waals surface area contributed by atoms with Crippen LogP contribution in [0.15, 0.2) is 60.9 Å². The molecule has 1 heterocycles. The third-order valence-corrected chi connectivity index (χ3v) is 5.52. The highest BCUT2D eigenvalue weighted by Gasteiger charge is 2.27. The van der Waals surface area contributed by atoms with Crippen LogP contribution in [0.4, 0.5) is 0 Å². The first-order valence-electron chi connectivity index (χ1n) is 9.79. The number of amides is 2. The maximum Gasteiger partial charge on any atom is 0.254 e. The van der Waals surface area contributed by atoms with Crippen molar-refractivity contribution >= 4 is 11.8 Å². The van der Waals surface area contributed by atoms with Crippen LogP contribution in [0.25, 0.3) is 11.1 Å². The largest absolute Gasteiger partial charge is 0.368 e. The summed E-state index contributed by atoms with van der Waals surface area (Å²) < 4.78 is 1.50. The summed E-state index contributed by atoms with van der Waals surface area (Å²) in [5, 5.41) is 4.16. The molecule has 1 atom stereocenters. The van der Waals surface area contributed by atoms with Gasteiger partial charge in [-0.2, -0.15) is 5.10 Å². The van der Waals surface area contributed by atoms with Crippen molar-refractivity contribution in [3.63, 3.8) is 0 Å². The van der Waals surface area contributed by atoms with Crippen molar-refractivity contribution in [1.29, 1.82) is 0 Å². The minimum atomic E-state index is -0.446. The van der Waals surface area contributed by atoms with Crippen molar-refractivity contribution in [1.82, 2.24) is 14.7 Å². The molecule has 0 radical (unpaired) electrons. The summed E-state index contributed by atoms with van der Waals surface area (Å²) in [7, 11) is 1.88. The van der Waals surface area contributed by atoms with E-state index in [4.69, 9.17) is 5.73 Å². The molecule has 6 heteroatoms. The van der Waals surface area contributed by atoms with Gasteiger partial charge < -0.3 is 10.6 Å². The average molecular weight is 388 g/mol. The number of carbonyl (C=O) groups is 2. The van der Waals surface area contributed by atoms with Gasteiger partial charge in [-0.05, 0) is 48.1 Å². The molecule has 2 amide bonds. The SMILES string of the molecule is CN(C(=O)c1cccc(-c2cnn(CC(N)=O)c2)c1)[C@H]1CCCc2ccccc21. The molecule has 0 unspecified atom stereocenters. The smallest absolute Gasteiger partial charge is 0.254 e. The molecule has 148 valence electrons. The number of nitrogens with zero attached hydrogens (tertiary/aromatic N) is 3. The molecular formula is C23H24N4O2. The first kappa shape index (κ1) is 18.9. The number of carbonyl (C=O) groups excluding carboxylic acids is 2. The zero-order valence-electron chi connectivity index (χ0n) is 16.4. The number of aromatic nitrogens is 2. The number of hydrogen-bond acceptors (Lipinski definition) is 3. The highest BCUT2D eigenvalue weighted by atomic mass is 16.2. The molecule has 2 N–H and O–H groups in total. The number of rotatable bonds is 5. The lowest BCUT2D eigenvalue weighted by atomic mass is 9.87. The minimum Gasteiger partial charge on any atom is -0.368 e. The van der Waals surface area contributed by atoms with Crippen LogP contribution in [-0.2, 0) is 17.8 Å². The lowest BCUT2D eigenvalue weighted by Crippen LogP contribution is -2.33. The highest BCUT2D eigenvalue weighted by molar-refractivity contribution is 5.95. The van der Waals surface area contributed by atoms with Gasteiger partial charge in [-0.1, -0.05) is 36.4 Å². The first-order valence-corrected chi connectivity index (χ1v) is 9.79. The van der Waals surface area contributed by atoms with Crippen LogP contribution in [0.5, 0.6) is 0 Å². The van der Waals surface area contributed by atoms with Gasteiger partial charge in [0, 0.05) is 24.4 Å². The summed E-state index contributed by atoms with van der Waals surface area (Å²) in [6, 6.07) is 16.0. The zero-order valence-corrected chi connectivity index (χ0v) is 16.4. The molecule has 0 aliphatic heterocycles. The minimum absolute atomic E-state index is 0.00178. The van der Waals surface area contributed by atoms with E-state index in [9.17, 15) is 9.59 Å². The quantitative estimate of drug-likeness (QED) is 0.729. The van der Waals surface area contributed by atoms with Crippen LogP contribution in [0, 0.1) is 0 Å². The van der Waals surface area contributed by atoms with E-state index in [0.717, 1.165) is 30.4 Å². The standard InChI is InChI=1S/C23H24N4O2/c1-26(21-11-5-7-16-6-2-3-10-20(16)21)23(29)18-9-4-8-17(12-18)19-13-25-27(14-19)15-22(24)28/h2-4,6,8-10,12-14,21H,5,7,11,15H2,1H3,(H2,24,28)/t21-/m0/s1. The van der Waals surface area contributed by atoms with Gasteiger partial charge in [0.25, 0.3) is 5.91 Å². The lowest BCUT2D eigenvalue weighted by molar-refractivity contribution is -0.118. The van der Waals surface area contributed by atoms with Crippen molar-refractivity contribution in [3.05, 3.63) is 77.6 Å². The van der Waals surface area contributed by atoms with E-state index < -0.39 is 5.91 Å². The molecule has 1 aromatic heterocycles. The monoisotopic (exact) mass is 388 g/mol. The second-order valence-electron chi connectivity index (χ2n) is 7.50. The molecule has 29 heavy (non-hydrogen) atoms. The first-order chi connectivity index (χ1) is 14.0. The maximum atomic E-state index is 13.2. The molecule has 1 aliphatic rings. The summed E-state index contributed by atoms with van der Waals surface area (Å²) in [4.78, 5) is 26.2. The molecule has 1 aliphatic carbocycles. The number of aryl methyl sites for hydroxylation is 1. The van der Waals surface area contributed by atoms with E-state index in [1.807, 2.05) is 42.3 Å². The summed E-state index contributed by atoms with van der Waals surface area (Å²) in [5.41, 5.74) is 10.2. The van der Waals surface area contributed by atoms with Gasteiger partial charge in [0.05, 0.1) is 12.2 Å². The van der Waals surface area contributed by atoms with Gasteiger partial charge in [-0.25, -0.2) is 0 Å². The van der Waals surface area contributed by atoms with Crippen LogP contribution in [0.2, 0.25) is 0 Å². The second-order valence-corrected chi connectivity index (χ2v) is 7.50. The molecule has 0 spiro atoms. The lowest BCUT2D eigenvalue weighted by Gasteiger charge is -2.33. The third kappa shape index (κ3) is 3.92. The summed E-state index contributed by atoms with van der Waals surface area (Å²) >= 11 is 0. The Morgan fingerprint density at radius 1 is 1.17 bits per heavy atom. The van der Waals surface area contributed by atoms with Gasteiger partial charge in [-0.3, -0.25) is 14.3 Å². The van der Waals surface area contributed by atoms with Crippen molar-refractivity contribution < 1.29 is 9.59 Å². The van der Waals surface area contributed by atoms with Gasteiger partial charge in [-0.15, -0.1) is 0 Å². The number of benzene rings is 2.